The summed E-state index contributed by atoms with van der Waals surface area (Å²) in [4.78, 5) is 38.6. The van der Waals surface area contributed by atoms with Gasteiger partial charge in [-0.05, 0) is 37.5 Å². The third kappa shape index (κ3) is 5.07. The Hall–Kier alpha value is -3.00. The Balaban J connectivity index is 1.40. The van der Waals surface area contributed by atoms with Crippen LogP contribution in [-0.2, 0) is 16.0 Å². The first-order valence-electron chi connectivity index (χ1n) is 11.2. The lowest BCUT2D eigenvalue weighted by molar-refractivity contribution is -0.131. The van der Waals surface area contributed by atoms with Gasteiger partial charge in [-0.3, -0.25) is 9.59 Å². The molecule has 0 radical (unpaired) electrons. The molecule has 0 saturated carbocycles. The van der Waals surface area contributed by atoms with E-state index in [0.717, 1.165) is 30.7 Å². The molecule has 1 atom stereocenters. The molecule has 1 aromatic heterocycles. The molecule has 2 amide bonds. The Bertz CT molecular complexity index is 957. The molecule has 3 heterocycles. The number of methoxy groups -OCH3 is 1. The maximum atomic E-state index is 12.9. The third-order valence-electron chi connectivity index (χ3n) is 6.18. The van der Waals surface area contributed by atoms with Gasteiger partial charge in [-0.2, -0.15) is 0 Å². The van der Waals surface area contributed by atoms with Crippen molar-refractivity contribution in [3.8, 4) is 5.75 Å². The first-order chi connectivity index (χ1) is 15.5. The number of nitrogens with zero attached hydrogens (tertiary/aromatic N) is 4. The maximum absolute atomic E-state index is 12.9. The minimum atomic E-state index is -0.0442. The van der Waals surface area contributed by atoms with Crippen LogP contribution in [0.1, 0.15) is 46.2 Å². The smallest absolute Gasteiger partial charge is 0.257 e. The number of morpholine rings is 1. The minimum absolute atomic E-state index is 0.0442. The standard InChI is InChI=1S/C24H30N4O4/c1-17-21(24(30)27-10-12-32-13-11-27)15-25-23(26-17)19-4-3-9-28(16-19)22(29)14-18-5-7-20(31-2)8-6-18/h5-8,15,19H,3-4,9-14,16H2,1-2H3/t19-/m0/s1. The Morgan fingerprint density at radius 3 is 2.56 bits per heavy atom. The van der Waals surface area contributed by atoms with E-state index in [4.69, 9.17) is 9.47 Å². The first-order valence-corrected chi connectivity index (χ1v) is 11.2. The molecule has 2 aliphatic rings. The monoisotopic (exact) mass is 438 g/mol. The van der Waals surface area contributed by atoms with Crippen molar-refractivity contribution in [3.05, 3.63) is 53.1 Å². The summed E-state index contributed by atoms with van der Waals surface area (Å²) in [6.07, 6.45) is 3.86. The number of hydrogen-bond acceptors (Lipinski definition) is 6. The summed E-state index contributed by atoms with van der Waals surface area (Å²) in [5.74, 6) is 1.63. The van der Waals surface area contributed by atoms with Gasteiger partial charge in [0.2, 0.25) is 5.91 Å². The van der Waals surface area contributed by atoms with Crippen molar-refractivity contribution in [2.24, 2.45) is 0 Å². The Morgan fingerprint density at radius 2 is 1.88 bits per heavy atom. The van der Waals surface area contributed by atoms with Gasteiger partial charge in [0.15, 0.2) is 0 Å². The lowest BCUT2D eigenvalue weighted by Gasteiger charge is -2.32. The maximum Gasteiger partial charge on any atom is 0.257 e. The largest absolute Gasteiger partial charge is 0.497 e. The molecule has 2 aromatic rings. The van der Waals surface area contributed by atoms with Crippen molar-refractivity contribution >= 4 is 11.8 Å². The number of likely N-dealkylation sites (tertiary alicyclic amines) is 1. The van der Waals surface area contributed by atoms with Gasteiger partial charge < -0.3 is 19.3 Å². The number of carbonyl (C=O) groups excluding carboxylic acids is 2. The zero-order valence-corrected chi connectivity index (χ0v) is 18.7. The predicted octanol–water partition coefficient (Wildman–Crippen LogP) is 2.21. The van der Waals surface area contributed by atoms with Crippen molar-refractivity contribution in [1.82, 2.24) is 19.8 Å². The van der Waals surface area contributed by atoms with Crippen LogP contribution in [0, 0.1) is 6.92 Å². The van der Waals surface area contributed by atoms with Crippen molar-refractivity contribution in [2.75, 3.05) is 46.5 Å². The number of ether oxygens (including phenoxy) is 2. The second-order valence-corrected chi connectivity index (χ2v) is 8.34. The predicted molar refractivity (Wildman–Crippen MR) is 119 cm³/mol. The average molecular weight is 439 g/mol. The van der Waals surface area contributed by atoms with Crippen molar-refractivity contribution in [3.63, 3.8) is 0 Å². The molecule has 4 rings (SSSR count). The molecule has 32 heavy (non-hydrogen) atoms. The molecular weight excluding hydrogens is 408 g/mol. The van der Waals surface area contributed by atoms with Gasteiger partial charge in [-0.15, -0.1) is 0 Å². The molecule has 0 unspecified atom stereocenters. The number of amides is 2. The summed E-state index contributed by atoms with van der Waals surface area (Å²) in [6, 6.07) is 7.60. The van der Waals surface area contributed by atoms with Gasteiger partial charge in [-0.1, -0.05) is 12.1 Å². The van der Waals surface area contributed by atoms with E-state index in [2.05, 4.69) is 9.97 Å². The van der Waals surface area contributed by atoms with Gasteiger partial charge in [0.1, 0.15) is 11.6 Å². The van der Waals surface area contributed by atoms with Gasteiger partial charge in [0, 0.05) is 38.3 Å². The van der Waals surface area contributed by atoms with Gasteiger partial charge >= 0.3 is 0 Å². The SMILES string of the molecule is COc1ccc(CC(=O)N2CCC[C@H](c3ncc(C(=O)N4CCOCC4)c(C)n3)C2)cc1. The number of benzene rings is 1. The van der Waals surface area contributed by atoms with E-state index in [-0.39, 0.29) is 17.7 Å². The van der Waals surface area contributed by atoms with Crippen LogP contribution < -0.4 is 4.74 Å². The topological polar surface area (TPSA) is 84.9 Å². The number of hydrogen-bond donors (Lipinski definition) is 0. The van der Waals surface area contributed by atoms with Crippen molar-refractivity contribution in [2.45, 2.75) is 32.1 Å². The van der Waals surface area contributed by atoms with Crippen LogP contribution in [0.15, 0.2) is 30.5 Å². The van der Waals surface area contributed by atoms with Crippen molar-refractivity contribution in [1.29, 1.82) is 0 Å². The molecule has 0 bridgehead atoms. The number of rotatable bonds is 5. The van der Waals surface area contributed by atoms with E-state index in [9.17, 15) is 9.59 Å². The van der Waals surface area contributed by atoms with E-state index in [1.165, 1.54) is 0 Å². The van der Waals surface area contributed by atoms with Gasteiger partial charge in [0.25, 0.3) is 5.91 Å². The molecular formula is C24H30N4O4. The number of carbonyl (C=O) groups is 2. The summed E-state index contributed by atoms with van der Waals surface area (Å²) in [6.45, 7) is 5.51. The Morgan fingerprint density at radius 1 is 1.12 bits per heavy atom. The molecule has 0 spiro atoms. The molecule has 1 aromatic carbocycles. The van der Waals surface area contributed by atoms with Crippen LogP contribution in [-0.4, -0.2) is 78.1 Å². The van der Waals surface area contributed by atoms with Crippen LogP contribution in [0.2, 0.25) is 0 Å². The fourth-order valence-corrected chi connectivity index (χ4v) is 4.27. The molecule has 2 saturated heterocycles. The average Bonchev–Trinajstić information content (AvgIpc) is 2.84. The summed E-state index contributed by atoms with van der Waals surface area (Å²) >= 11 is 0. The second-order valence-electron chi connectivity index (χ2n) is 8.34. The highest BCUT2D eigenvalue weighted by Crippen LogP contribution is 2.26. The molecule has 0 aliphatic carbocycles. The van der Waals surface area contributed by atoms with Crippen LogP contribution in [0.4, 0.5) is 0 Å². The van der Waals surface area contributed by atoms with Crippen LogP contribution in [0.25, 0.3) is 0 Å². The quantitative estimate of drug-likeness (QED) is 0.712. The summed E-state index contributed by atoms with van der Waals surface area (Å²) < 4.78 is 10.5. The fourth-order valence-electron chi connectivity index (χ4n) is 4.27. The molecule has 2 fully saturated rings. The summed E-state index contributed by atoms with van der Waals surface area (Å²) in [7, 11) is 1.63. The van der Waals surface area contributed by atoms with Crippen molar-refractivity contribution < 1.29 is 19.1 Å². The Kier molecular flexibility index (Phi) is 6.99. The van der Waals surface area contributed by atoms with Gasteiger partial charge in [0.05, 0.1) is 38.0 Å². The first kappa shape index (κ1) is 22.2. The van der Waals surface area contributed by atoms with Crippen LogP contribution >= 0.6 is 0 Å². The second kappa shape index (κ2) is 10.1. The normalized spacial score (nSPS) is 19.0. The fraction of sp³-hybridized carbons (Fsp3) is 0.500. The Labute approximate surface area is 188 Å². The highest BCUT2D eigenvalue weighted by atomic mass is 16.5. The third-order valence-corrected chi connectivity index (χ3v) is 6.18. The number of aryl methyl sites for hydroxylation is 1. The van der Waals surface area contributed by atoms with Crippen LogP contribution in [0.5, 0.6) is 5.75 Å². The number of aromatic nitrogens is 2. The van der Waals surface area contributed by atoms with Gasteiger partial charge in [-0.25, -0.2) is 9.97 Å². The van der Waals surface area contributed by atoms with E-state index >= 15 is 0 Å². The molecule has 170 valence electrons. The lowest BCUT2D eigenvalue weighted by atomic mass is 9.96. The van der Waals surface area contributed by atoms with E-state index in [1.54, 1.807) is 18.2 Å². The number of piperidine rings is 1. The lowest BCUT2D eigenvalue weighted by Crippen LogP contribution is -2.41. The zero-order chi connectivity index (χ0) is 22.5. The highest BCUT2D eigenvalue weighted by Gasteiger charge is 2.28. The summed E-state index contributed by atoms with van der Waals surface area (Å²) in [5.41, 5.74) is 2.20. The molecule has 2 aliphatic heterocycles. The van der Waals surface area contributed by atoms with E-state index in [1.807, 2.05) is 36.1 Å². The molecule has 0 N–H and O–H groups in total. The highest BCUT2D eigenvalue weighted by molar-refractivity contribution is 5.95. The van der Waals surface area contributed by atoms with E-state index < -0.39 is 0 Å². The molecule has 8 nitrogen and oxygen atoms in total. The van der Waals surface area contributed by atoms with E-state index in [0.29, 0.717) is 56.4 Å². The molecule has 8 heteroatoms. The summed E-state index contributed by atoms with van der Waals surface area (Å²) in [5, 5.41) is 0. The minimum Gasteiger partial charge on any atom is -0.497 e. The van der Waals surface area contributed by atoms with Crippen LogP contribution in [0.3, 0.4) is 0 Å². The zero-order valence-electron chi connectivity index (χ0n) is 18.7.